The monoisotopic (exact) mass is 352 g/mol. The Labute approximate surface area is 139 Å². The maximum Gasteiger partial charge on any atom is 0.321 e. The Morgan fingerprint density at radius 3 is 2.29 bits per heavy atom. The first kappa shape index (κ1) is 17.6. The zero-order valence-electron chi connectivity index (χ0n) is 12.7. The van der Waals surface area contributed by atoms with Crippen LogP contribution in [0, 0.1) is 0 Å². The third-order valence-electron chi connectivity index (χ3n) is 2.94. The Morgan fingerprint density at radius 1 is 1.08 bits per heavy atom. The van der Waals surface area contributed by atoms with E-state index in [-0.39, 0.29) is 11.6 Å². The second kappa shape index (κ2) is 7.66. The molecule has 3 N–H and O–H groups in total. The molecule has 24 heavy (non-hydrogen) atoms. The van der Waals surface area contributed by atoms with Crippen LogP contribution in [0.4, 0.5) is 10.5 Å². The van der Waals surface area contributed by atoms with Crippen molar-refractivity contribution in [2.24, 2.45) is 0 Å². The van der Waals surface area contributed by atoms with Crippen molar-refractivity contribution >= 4 is 21.8 Å². The highest BCUT2D eigenvalue weighted by molar-refractivity contribution is 7.85. The van der Waals surface area contributed by atoms with Gasteiger partial charge in [-0.25, -0.2) is 4.79 Å². The van der Waals surface area contributed by atoms with Crippen LogP contribution in [0.5, 0.6) is 11.5 Å². The van der Waals surface area contributed by atoms with Crippen LogP contribution in [0.3, 0.4) is 0 Å². The van der Waals surface area contributed by atoms with Gasteiger partial charge in [-0.15, -0.1) is 0 Å². The van der Waals surface area contributed by atoms with Gasteiger partial charge < -0.3 is 20.1 Å². The van der Waals surface area contributed by atoms with Crippen LogP contribution in [0.25, 0.3) is 0 Å². The van der Waals surface area contributed by atoms with Crippen LogP contribution in [-0.2, 0) is 10.1 Å². The average Bonchev–Trinajstić information content (AvgIpc) is 2.55. The van der Waals surface area contributed by atoms with E-state index in [2.05, 4.69) is 10.6 Å². The van der Waals surface area contributed by atoms with Gasteiger partial charge in [-0.05, 0) is 36.4 Å². The Balaban J connectivity index is 1.85. The lowest BCUT2D eigenvalue weighted by atomic mass is 10.3. The molecule has 0 heterocycles. The van der Waals surface area contributed by atoms with Gasteiger partial charge in [0.05, 0.1) is 12.0 Å². The van der Waals surface area contributed by atoms with E-state index in [1.807, 2.05) is 0 Å². The summed E-state index contributed by atoms with van der Waals surface area (Å²) in [7, 11) is -2.75. The van der Waals surface area contributed by atoms with E-state index in [9.17, 15) is 13.2 Å². The van der Waals surface area contributed by atoms with Crippen molar-refractivity contribution < 1.29 is 27.2 Å². The van der Waals surface area contributed by atoms with Crippen molar-refractivity contribution in [1.82, 2.24) is 5.32 Å². The highest BCUT2D eigenvalue weighted by atomic mass is 32.2. The SMILES string of the molecule is COc1ccccc1OCNC(=O)Nc1ccc(S(=O)(=O)O)cc1. The van der Waals surface area contributed by atoms with E-state index in [4.69, 9.17) is 14.0 Å². The van der Waals surface area contributed by atoms with E-state index in [1.54, 1.807) is 24.3 Å². The highest BCUT2D eigenvalue weighted by Gasteiger charge is 2.09. The molecule has 8 nitrogen and oxygen atoms in total. The summed E-state index contributed by atoms with van der Waals surface area (Å²) in [5.41, 5.74) is 0.359. The Kier molecular flexibility index (Phi) is 5.61. The average molecular weight is 352 g/mol. The normalized spacial score (nSPS) is 10.8. The lowest BCUT2D eigenvalue weighted by Gasteiger charge is -2.11. The number of carbonyl (C=O) groups is 1. The molecule has 0 fully saturated rings. The Morgan fingerprint density at radius 2 is 1.71 bits per heavy atom. The number of nitrogens with one attached hydrogen (secondary N) is 2. The number of hydrogen-bond acceptors (Lipinski definition) is 5. The second-order valence-corrected chi connectivity index (χ2v) is 5.99. The maximum atomic E-state index is 11.7. The number of amides is 2. The molecular weight excluding hydrogens is 336 g/mol. The van der Waals surface area contributed by atoms with Crippen LogP contribution in [0.15, 0.2) is 53.4 Å². The number of urea groups is 1. The number of ether oxygens (including phenoxy) is 2. The van der Waals surface area contributed by atoms with Gasteiger partial charge in [0.25, 0.3) is 10.1 Å². The summed E-state index contributed by atoms with van der Waals surface area (Å²) >= 11 is 0. The number of anilines is 1. The molecule has 2 aromatic rings. The smallest absolute Gasteiger partial charge is 0.321 e. The highest BCUT2D eigenvalue weighted by Crippen LogP contribution is 2.25. The first-order valence-electron chi connectivity index (χ1n) is 6.78. The number of carbonyl (C=O) groups excluding carboxylic acids is 1. The third-order valence-corrected chi connectivity index (χ3v) is 3.81. The summed E-state index contributed by atoms with van der Waals surface area (Å²) in [6.07, 6.45) is 0. The van der Waals surface area contributed by atoms with E-state index in [1.165, 1.54) is 31.4 Å². The van der Waals surface area contributed by atoms with Crippen LogP contribution in [0.1, 0.15) is 0 Å². The van der Waals surface area contributed by atoms with Crippen molar-refractivity contribution in [2.75, 3.05) is 19.2 Å². The summed E-state index contributed by atoms with van der Waals surface area (Å²) < 4.78 is 41.2. The van der Waals surface area contributed by atoms with Gasteiger partial charge in [-0.2, -0.15) is 8.42 Å². The summed E-state index contributed by atoms with van der Waals surface area (Å²) in [5, 5.41) is 4.98. The molecule has 0 spiro atoms. The van der Waals surface area contributed by atoms with Gasteiger partial charge in [-0.3, -0.25) is 4.55 Å². The number of benzene rings is 2. The molecule has 9 heteroatoms. The fourth-order valence-corrected chi connectivity index (χ4v) is 2.28. The minimum Gasteiger partial charge on any atom is -0.493 e. The second-order valence-electron chi connectivity index (χ2n) is 4.57. The zero-order chi connectivity index (χ0) is 17.6. The minimum absolute atomic E-state index is 0.0880. The molecule has 0 aliphatic carbocycles. The number of hydrogen-bond donors (Lipinski definition) is 3. The van der Waals surface area contributed by atoms with Crippen molar-refractivity contribution in [1.29, 1.82) is 0 Å². The fraction of sp³-hybridized carbons (Fsp3) is 0.133. The van der Waals surface area contributed by atoms with Crippen molar-refractivity contribution in [2.45, 2.75) is 4.90 Å². The third kappa shape index (κ3) is 4.86. The molecule has 0 aromatic heterocycles. The molecule has 0 bridgehead atoms. The van der Waals surface area contributed by atoms with Gasteiger partial charge in [-0.1, -0.05) is 12.1 Å². The molecule has 0 aliphatic rings. The summed E-state index contributed by atoms with van der Waals surface area (Å²) in [4.78, 5) is 11.5. The van der Waals surface area contributed by atoms with Gasteiger partial charge in [0.2, 0.25) is 0 Å². The van der Waals surface area contributed by atoms with E-state index in [0.717, 1.165) is 0 Å². The van der Waals surface area contributed by atoms with Crippen LogP contribution < -0.4 is 20.1 Å². The van der Waals surface area contributed by atoms with Crippen molar-refractivity contribution in [3.05, 3.63) is 48.5 Å². The lowest BCUT2D eigenvalue weighted by molar-refractivity contribution is 0.231. The summed E-state index contributed by atoms with van der Waals surface area (Å²) in [6, 6.07) is 11.5. The predicted molar refractivity (Wildman–Crippen MR) is 86.9 cm³/mol. The molecule has 0 saturated carbocycles. The largest absolute Gasteiger partial charge is 0.493 e. The van der Waals surface area contributed by atoms with Gasteiger partial charge in [0.1, 0.15) is 0 Å². The molecule has 2 aromatic carbocycles. The first-order chi connectivity index (χ1) is 11.4. The molecule has 0 unspecified atom stereocenters. The molecule has 2 amide bonds. The summed E-state index contributed by atoms with van der Waals surface area (Å²) in [6.45, 7) is -0.0880. The standard InChI is InChI=1S/C15H16N2O6S/c1-22-13-4-2-3-5-14(13)23-10-16-15(18)17-11-6-8-12(9-7-11)24(19,20)21/h2-9H,10H2,1H3,(H2,16,17,18)(H,19,20,21). The quantitative estimate of drug-likeness (QED) is 0.542. The van der Waals surface area contributed by atoms with Crippen molar-refractivity contribution in [3.63, 3.8) is 0 Å². The number of rotatable bonds is 6. The Bertz CT molecular complexity index is 805. The molecular formula is C15H16N2O6S. The first-order valence-corrected chi connectivity index (χ1v) is 8.22. The number of methoxy groups -OCH3 is 1. The van der Waals surface area contributed by atoms with Crippen molar-refractivity contribution in [3.8, 4) is 11.5 Å². The van der Waals surface area contributed by atoms with E-state index in [0.29, 0.717) is 17.2 Å². The summed E-state index contributed by atoms with van der Waals surface area (Å²) in [5.74, 6) is 1.03. The predicted octanol–water partition coefficient (Wildman–Crippen LogP) is 2.10. The van der Waals surface area contributed by atoms with E-state index >= 15 is 0 Å². The zero-order valence-corrected chi connectivity index (χ0v) is 13.5. The molecule has 128 valence electrons. The molecule has 2 rings (SSSR count). The molecule has 0 atom stereocenters. The van der Waals surface area contributed by atoms with Crippen LogP contribution in [-0.4, -0.2) is 32.8 Å². The topological polar surface area (TPSA) is 114 Å². The molecule has 0 radical (unpaired) electrons. The van der Waals surface area contributed by atoms with Gasteiger partial charge in [0, 0.05) is 5.69 Å². The van der Waals surface area contributed by atoms with Crippen LogP contribution in [0.2, 0.25) is 0 Å². The lowest BCUT2D eigenvalue weighted by Crippen LogP contribution is -2.32. The number of para-hydroxylation sites is 2. The molecule has 0 aliphatic heterocycles. The minimum atomic E-state index is -4.26. The Hall–Kier alpha value is -2.78. The van der Waals surface area contributed by atoms with Gasteiger partial charge >= 0.3 is 6.03 Å². The van der Waals surface area contributed by atoms with E-state index < -0.39 is 16.1 Å². The fourth-order valence-electron chi connectivity index (χ4n) is 1.80. The van der Waals surface area contributed by atoms with Gasteiger partial charge in [0.15, 0.2) is 18.2 Å². The van der Waals surface area contributed by atoms with Crippen LogP contribution >= 0.6 is 0 Å². The molecule has 0 saturated heterocycles. The maximum absolute atomic E-state index is 11.7.